The van der Waals surface area contributed by atoms with Gasteiger partial charge in [-0.1, -0.05) is 0 Å². The monoisotopic (exact) mass is 303 g/mol. The van der Waals surface area contributed by atoms with Crippen molar-refractivity contribution in [2.75, 3.05) is 0 Å². The lowest BCUT2D eigenvalue weighted by Crippen LogP contribution is -2.29. The van der Waals surface area contributed by atoms with E-state index < -0.39 is 18.0 Å². The molecule has 0 rings (SSSR count). The first-order valence-corrected chi connectivity index (χ1v) is 4.42. The lowest BCUT2D eigenvalue weighted by atomic mass is 10.2. The maximum Gasteiger partial charge on any atom is 0.322 e. The summed E-state index contributed by atoms with van der Waals surface area (Å²) >= 11 is 5.74. The maximum atomic E-state index is 10.5. The van der Waals surface area contributed by atoms with Gasteiger partial charge >= 0.3 is 11.9 Å². The van der Waals surface area contributed by atoms with Gasteiger partial charge in [0.1, 0.15) is 6.04 Å². The van der Waals surface area contributed by atoms with Crippen LogP contribution in [-0.2, 0) is 9.59 Å². The van der Waals surface area contributed by atoms with E-state index in [1.165, 1.54) is 0 Å². The second-order valence-electron chi connectivity index (χ2n) is 2.05. The topological polar surface area (TPSA) is 77.8 Å². The second kappa shape index (κ2) is 5.50. The van der Waals surface area contributed by atoms with Gasteiger partial charge in [0.25, 0.3) is 0 Å². The zero-order valence-corrected chi connectivity index (χ0v) is 9.08. The SMILES string of the molecule is O=C(O)CCC(C(=O)O)N(Br)Br. The first-order chi connectivity index (χ1) is 5.45. The van der Waals surface area contributed by atoms with Crippen LogP contribution in [0.25, 0.3) is 0 Å². The fraction of sp³-hybridized carbons (Fsp3) is 0.600. The van der Waals surface area contributed by atoms with Gasteiger partial charge in [0, 0.05) is 38.7 Å². The third-order valence-electron chi connectivity index (χ3n) is 1.15. The third-order valence-corrected chi connectivity index (χ3v) is 2.14. The fourth-order valence-electron chi connectivity index (χ4n) is 0.565. The van der Waals surface area contributed by atoms with Crippen molar-refractivity contribution in [1.82, 2.24) is 2.95 Å². The number of hydrogen-bond donors (Lipinski definition) is 2. The number of halogens is 2. The van der Waals surface area contributed by atoms with Crippen LogP contribution >= 0.6 is 32.3 Å². The average molecular weight is 305 g/mol. The number of carbonyl (C=O) groups is 2. The van der Waals surface area contributed by atoms with E-state index in [0.29, 0.717) is 0 Å². The molecule has 0 aromatic carbocycles. The van der Waals surface area contributed by atoms with Crippen molar-refractivity contribution in [3.05, 3.63) is 0 Å². The summed E-state index contributed by atoms with van der Waals surface area (Å²) in [7, 11) is 0. The minimum atomic E-state index is -1.08. The van der Waals surface area contributed by atoms with E-state index in [0.717, 1.165) is 2.95 Å². The molecule has 0 saturated carbocycles. The quantitative estimate of drug-likeness (QED) is 0.747. The average Bonchev–Trinajstić information content (AvgIpc) is 1.84. The van der Waals surface area contributed by atoms with Crippen molar-refractivity contribution < 1.29 is 19.8 Å². The van der Waals surface area contributed by atoms with Gasteiger partial charge in [-0.15, -0.1) is 0 Å². The van der Waals surface area contributed by atoms with E-state index in [2.05, 4.69) is 32.3 Å². The minimum absolute atomic E-state index is 0.0428. The first-order valence-electron chi connectivity index (χ1n) is 3.00. The Balaban J connectivity index is 3.97. The van der Waals surface area contributed by atoms with E-state index in [1.54, 1.807) is 0 Å². The fourth-order valence-corrected chi connectivity index (χ4v) is 1.32. The van der Waals surface area contributed by atoms with E-state index in [-0.39, 0.29) is 12.8 Å². The van der Waals surface area contributed by atoms with Crippen LogP contribution in [-0.4, -0.2) is 31.1 Å². The first kappa shape index (κ1) is 11.9. The molecule has 70 valence electrons. The molecule has 2 N–H and O–H groups in total. The molecule has 0 spiro atoms. The second-order valence-corrected chi connectivity index (χ2v) is 4.53. The molecule has 1 unspecified atom stereocenters. The molecule has 0 fully saturated rings. The molecule has 12 heavy (non-hydrogen) atoms. The zero-order chi connectivity index (χ0) is 9.72. The Labute approximate surface area is 86.0 Å². The summed E-state index contributed by atoms with van der Waals surface area (Å²) in [4.78, 5) is 20.6. The summed E-state index contributed by atoms with van der Waals surface area (Å²) in [6.07, 6.45) is -0.133. The van der Waals surface area contributed by atoms with Gasteiger partial charge in [0.2, 0.25) is 0 Å². The Bertz CT molecular complexity index is 184. The molecule has 0 bridgehead atoms. The summed E-state index contributed by atoms with van der Waals surface area (Å²) < 4.78 is 1.12. The minimum Gasteiger partial charge on any atom is -0.481 e. The molecular formula is C5H7Br2NO4. The predicted octanol–water partition coefficient (Wildman–Crippen LogP) is 1.23. The Hall–Kier alpha value is -0.140. The highest BCUT2D eigenvalue weighted by molar-refractivity contribution is 9.21. The number of carboxylic acids is 2. The molecule has 0 radical (unpaired) electrons. The van der Waals surface area contributed by atoms with Crippen molar-refractivity contribution in [3.8, 4) is 0 Å². The molecule has 0 aliphatic heterocycles. The van der Waals surface area contributed by atoms with Gasteiger partial charge in [0.05, 0.1) is 0 Å². The molecular weight excluding hydrogens is 298 g/mol. The highest BCUT2D eigenvalue weighted by Crippen LogP contribution is 2.16. The van der Waals surface area contributed by atoms with E-state index in [1.807, 2.05) is 0 Å². The predicted molar refractivity (Wildman–Crippen MR) is 48.0 cm³/mol. The largest absolute Gasteiger partial charge is 0.481 e. The molecule has 0 aliphatic carbocycles. The van der Waals surface area contributed by atoms with Crippen LogP contribution in [0.1, 0.15) is 12.8 Å². The van der Waals surface area contributed by atoms with Crippen LogP contribution in [0.2, 0.25) is 0 Å². The van der Waals surface area contributed by atoms with Gasteiger partial charge in [-0.05, 0) is 6.42 Å². The van der Waals surface area contributed by atoms with E-state index >= 15 is 0 Å². The van der Waals surface area contributed by atoms with Crippen LogP contribution < -0.4 is 0 Å². The Morgan fingerprint density at radius 2 is 1.83 bits per heavy atom. The number of aliphatic carboxylic acids is 2. The number of rotatable bonds is 5. The van der Waals surface area contributed by atoms with E-state index in [9.17, 15) is 9.59 Å². The van der Waals surface area contributed by atoms with Crippen LogP contribution in [0.5, 0.6) is 0 Å². The number of carboxylic acid groups (broad SMARTS) is 2. The number of hydrogen-bond acceptors (Lipinski definition) is 3. The summed E-state index contributed by atoms with van der Waals surface area (Å²) in [6.45, 7) is 0. The van der Waals surface area contributed by atoms with Crippen LogP contribution in [0, 0.1) is 0 Å². The Morgan fingerprint density at radius 1 is 1.33 bits per heavy atom. The van der Waals surface area contributed by atoms with E-state index in [4.69, 9.17) is 10.2 Å². The molecule has 7 heteroatoms. The van der Waals surface area contributed by atoms with Crippen molar-refractivity contribution in [1.29, 1.82) is 0 Å². The lowest BCUT2D eigenvalue weighted by Gasteiger charge is -2.13. The van der Waals surface area contributed by atoms with Crippen LogP contribution in [0.4, 0.5) is 0 Å². The van der Waals surface area contributed by atoms with Crippen LogP contribution in [0.15, 0.2) is 0 Å². The molecule has 0 heterocycles. The molecule has 0 amide bonds. The normalized spacial score (nSPS) is 12.9. The summed E-state index contributed by atoms with van der Waals surface area (Å²) in [5.74, 6) is -2.09. The highest BCUT2D eigenvalue weighted by Gasteiger charge is 2.22. The zero-order valence-electron chi connectivity index (χ0n) is 5.91. The van der Waals surface area contributed by atoms with Crippen molar-refractivity contribution >= 4 is 44.2 Å². The molecule has 0 saturated heterocycles. The highest BCUT2D eigenvalue weighted by atomic mass is 79.9. The van der Waals surface area contributed by atoms with Crippen molar-refractivity contribution in [2.24, 2.45) is 0 Å². The molecule has 0 aromatic rings. The van der Waals surface area contributed by atoms with Gasteiger partial charge in [-0.2, -0.15) is 2.95 Å². The summed E-state index contributed by atoms with van der Waals surface area (Å²) in [5, 5.41) is 16.8. The molecule has 1 atom stereocenters. The third kappa shape index (κ3) is 4.68. The van der Waals surface area contributed by atoms with Gasteiger partial charge in [-0.3, -0.25) is 9.59 Å². The molecule has 5 nitrogen and oxygen atoms in total. The standard InChI is InChI=1S/C5H7Br2NO4/c6-8(7)3(5(11)12)1-2-4(9)10/h3H,1-2H2,(H,9,10)(H,11,12). The number of nitrogens with zero attached hydrogens (tertiary/aromatic N) is 1. The Morgan fingerprint density at radius 3 is 2.08 bits per heavy atom. The van der Waals surface area contributed by atoms with Gasteiger partial charge < -0.3 is 10.2 Å². The van der Waals surface area contributed by atoms with Gasteiger partial charge in [0.15, 0.2) is 0 Å². The lowest BCUT2D eigenvalue weighted by molar-refractivity contribution is -0.141. The Kier molecular flexibility index (Phi) is 5.43. The molecule has 0 aliphatic rings. The summed E-state index contributed by atoms with van der Waals surface area (Å²) in [5.41, 5.74) is 0. The maximum absolute atomic E-state index is 10.5. The smallest absolute Gasteiger partial charge is 0.322 e. The summed E-state index contributed by atoms with van der Waals surface area (Å²) in [6, 6.07) is -0.874. The van der Waals surface area contributed by atoms with Crippen molar-refractivity contribution in [3.63, 3.8) is 0 Å². The van der Waals surface area contributed by atoms with Crippen LogP contribution in [0.3, 0.4) is 0 Å². The van der Waals surface area contributed by atoms with Gasteiger partial charge in [-0.25, -0.2) is 0 Å². The molecule has 0 aromatic heterocycles. The van der Waals surface area contributed by atoms with Crippen molar-refractivity contribution in [2.45, 2.75) is 18.9 Å².